The number of aromatic nitrogens is 1. The Morgan fingerprint density at radius 2 is 1.69 bits per heavy atom. The molecule has 0 spiro atoms. The average Bonchev–Trinajstić information content (AvgIpc) is 3.04. The number of benzene rings is 1. The first-order valence-electron chi connectivity index (χ1n) is 8.04. The van der Waals surface area contributed by atoms with Gasteiger partial charge in [0, 0.05) is 29.6 Å². The molecule has 0 saturated heterocycles. The number of hydrogen-bond donors (Lipinski definition) is 1. The summed E-state index contributed by atoms with van der Waals surface area (Å²) in [5, 5.41) is 27.9. The van der Waals surface area contributed by atoms with Crippen LogP contribution in [0.15, 0.2) is 24.4 Å². The molecule has 0 radical (unpaired) electrons. The number of aliphatic hydroxyl groups is 1. The minimum atomic E-state index is -6.08. The zero-order chi connectivity index (χ0) is 21.8. The van der Waals surface area contributed by atoms with Crippen molar-refractivity contribution < 1.29 is 35.8 Å². The molecule has 0 amide bonds. The highest BCUT2D eigenvalue weighted by Crippen LogP contribution is 2.52. The van der Waals surface area contributed by atoms with Gasteiger partial charge in [-0.2, -0.15) is 32.5 Å². The summed E-state index contributed by atoms with van der Waals surface area (Å²) in [4.78, 5) is 0. The maximum Gasteiger partial charge on any atom is 0.458 e. The van der Waals surface area contributed by atoms with Crippen LogP contribution in [0.5, 0.6) is 0 Å². The first-order valence-corrected chi connectivity index (χ1v) is 8.04. The number of halogens is 7. The van der Waals surface area contributed by atoms with E-state index < -0.39 is 48.1 Å². The average molecular weight is 417 g/mol. The lowest BCUT2D eigenvalue weighted by Crippen LogP contribution is -2.37. The fourth-order valence-electron chi connectivity index (χ4n) is 3.26. The van der Waals surface area contributed by atoms with Crippen molar-refractivity contribution in [3.8, 4) is 17.8 Å². The van der Waals surface area contributed by atoms with E-state index in [1.54, 1.807) is 12.1 Å². The molecular formula is C18H10F7N3O. The molecule has 1 N–H and O–H groups in total. The maximum absolute atomic E-state index is 14.1. The molecule has 0 bridgehead atoms. The van der Waals surface area contributed by atoms with Crippen LogP contribution < -0.4 is 0 Å². The summed E-state index contributed by atoms with van der Waals surface area (Å²) in [6.07, 6.45) is -10.2. The molecule has 0 unspecified atom stereocenters. The number of nitrogens with zero attached hydrogens (tertiary/aromatic N) is 3. The molecule has 1 aromatic carbocycles. The quantitative estimate of drug-likeness (QED) is 0.732. The molecule has 1 atom stereocenters. The van der Waals surface area contributed by atoms with Crippen molar-refractivity contribution in [2.45, 2.75) is 37.0 Å². The van der Waals surface area contributed by atoms with Crippen LogP contribution in [-0.4, -0.2) is 21.8 Å². The van der Waals surface area contributed by atoms with Crippen molar-refractivity contribution in [2.75, 3.05) is 0 Å². The van der Waals surface area contributed by atoms with E-state index >= 15 is 0 Å². The van der Waals surface area contributed by atoms with Crippen molar-refractivity contribution in [3.63, 3.8) is 0 Å². The number of nitriles is 2. The topological polar surface area (TPSA) is 72.7 Å². The zero-order valence-corrected chi connectivity index (χ0v) is 14.2. The molecule has 4 nitrogen and oxygen atoms in total. The van der Waals surface area contributed by atoms with Crippen molar-refractivity contribution in [1.29, 1.82) is 10.5 Å². The van der Waals surface area contributed by atoms with E-state index in [0.29, 0.717) is 6.20 Å². The normalized spacial score (nSPS) is 18.6. The van der Waals surface area contributed by atoms with Crippen LogP contribution in [0.25, 0.3) is 5.69 Å². The minimum absolute atomic E-state index is 0.0651. The molecule has 11 heteroatoms. The second kappa shape index (κ2) is 6.49. The van der Waals surface area contributed by atoms with Crippen LogP contribution in [0.2, 0.25) is 0 Å². The van der Waals surface area contributed by atoms with E-state index in [4.69, 9.17) is 10.5 Å². The fourth-order valence-corrected chi connectivity index (χ4v) is 3.26. The molecule has 152 valence electrons. The highest BCUT2D eigenvalue weighted by Gasteiger charge is 2.62. The zero-order valence-electron chi connectivity index (χ0n) is 14.2. The Balaban J connectivity index is 2.31. The van der Waals surface area contributed by atoms with Gasteiger partial charge >= 0.3 is 12.1 Å². The molecule has 0 aliphatic heterocycles. The van der Waals surface area contributed by atoms with Gasteiger partial charge in [0.2, 0.25) is 0 Å². The van der Waals surface area contributed by atoms with Gasteiger partial charge in [-0.3, -0.25) is 0 Å². The molecule has 3 rings (SSSR count). The predicted octanol–water partition coefficient (Wildman–Crippen LogP) is 4.49. The van der Waals surface area contributed by atoms with Crippen LogP contribution in [0.4, 0.5) is 30.7 Å². The summed E-state index contributed by atoms with van der Waals surface area (Å²) in [5.41, 5.74) is -3.65. The molecule has 1 aliphatic rings. The standard InChI is InChI=1S/C18H10F7N3O/c19-16(20)4-3-13-14(15(16)29)12(17(21,22)18(23,24)25)8-28(13)11-2-1-9(6-26)10(5-11)7-27/h1-2,5,8,15,29H,3-4H2/t15-/m0/s1. The van der Waals surface area contributed by atoms with E-state index in [1.165, 1.54) is 6.07 Å². The number of aliphatic hydroxyl groups excluding tert-OH is 1. The highest BCUT2D eigenvalue weighted by molar-refractivity contribution is 5.54. The summed E-state index contributed by atoms with van der Waals surface area (Å²) in [6.45, 7) is 0. The number of alkyl halides is 7. The van der Waals surface area contributed by atoms with Gasteiger partial charge in [-0.05, 0) is 24.6 Å². The minimum Gasteiger partial charge on any atom is -0.382 e. The number of hydrogen-bond acceptors (Lipinski definition) is 3. The largest absolute Gasteiger partial charge is 0.458 e. The summed E-state index contributed by atoms with van der Waals surface area (Å²) >= 11 is 0. The Hall–Kier alpha value is -3.05. The Morgan fingerprint density at radius 1 is 1.07 bits per heavy atom. The van der Waals surface area contributed by atoms with Gasteiger partial charge < -0.3 is 9.67 Å². The molecule has 1 heterocycles. The van der Waals surface area contributed by atoms with Gasteiger partial charge in [0.15, 0.2) is 0 Å². The van der Waals surface area contributed by atoms with Crippen molar-refractivity contribution in [1.82, 2.24) is 4.57 Å². The SMILES string of the molecule is N#Cc1ccc(-n2cc(C(F)(F)C(F)(F)F)c3c2CCC(F)(F)[C@H]3O)cc1C#N. The Morgan fingerprint density at radius 3 is 2.24 bits per heavy atom. The Labute approximate surface area is 159 Å². The predicted molar refractivity (Wildman–Crippen MR) is 83.4 cm³/mol. The van der Waals surface area contributed by atoms with Gasteiger partial charge in [-0.1, -0.05) is 0 Å². The van der Waals surface area contributed by atoms with E-state index in [1.807, 2.05) is 0 Å². The van der Waals surface area contributed by atoms with E-state index in [-0.39, 0.29) is 22.5 Å². The van der Waals surface area contributed by atoms with E-state index in [0.717, 1.165) is 16.7 Å². The van der Waals surface area contributed by atoms with Gasteiger partial charge in [0.25, 0.3) is 5.92 Å². The molecule has 1 aliphatic carbocycles. The highest BCUT2D eigenvalue weighted by atomic mass is 19.4. The molecular weight excluding hydrogens is 407 g/mol. The lowest BCUT2D eigenvalue weighted by molar-refractivity contribution is -0.290. The third kappa shape index (κ3) is 3.12. The van der Waals surface area contributed by atoms with Gasteiger partial charge in [-0.15, -0.1) is 0 Å². The van der Waals surface area contributed by atoms with E-state index in [2.05, 4.69) is 0 Å². The summed E-state index contributed by atoms with van der Waals surface area (Å²) < 4.78 is 95.6. The molecule has 1 aromatic heterocycles. The molecule has 0 fully saturated rings. The number of rotatable bonds is 2. The second-order valence-corrected chi connectivity index (χ2v) is 6.46. The lowest BCUT2D eigenvalue weighted by atomic mass is 9.87. The monoisotopic (exact) mass is 417 g/mol. The summed E-state index contributed by atoms with van der Waals surface area (Å²) in [6, 6.07) is 6.79. The Kier molecular flexibility index (Phi) is 4.63. The van der Waals surface area contributed by atoms with Crippen molar-refractivity contribution >= 4 is 0 Å². The van der Waals surface area contributed by atoms with Crippen LogP contribution in [0, 0.1) is 22.7 Å². The van der Waals surface area contributed by atoms with Gasteiger partial charge in [0.1, 0.15) is 18.2 Å². The smallest absolute Gasteiger partial charge is 0.382 e. The second-order valence-electron chi connectivity index (χ2n) is 6.46. The maximum atomic E-state index is 14.1. The first-order chi connectivity index (χ1) is 13.3. The fraction of sp³-hybridized carbons (Fsp3) is 0.333. The van der Waals surface area contributed by atoms with Crippen molar-refractivity contribution in [2.24, 2.45) is 0 Å². The van der Waals surface area contributed by atoms with Crippen LogP contribution in [-0.2, 0) is 12.3 Å². The van der Waals surface area contributed by atoms with Crippen molar-refractivity contribution in [3.05, 3.63) is 52.3 Å². The summed E-state index contributed by atoms with van der Waals surface area (Å²) in [7, 11) is 0. The van der Waals surface area contributed by atoms with Crippen LogP contribution in [0.1, 0.15) is 40.5 Å². The third-order valence-corrected chi connectivity index (χ3v) is 4.74. The lowest BCUT2D eigenvalue weighted by Gasteiger charge is -2.30. The summed E-state index contributed by atoms with van der Waals surface area (Å²) in [5.74, 6) is -9.39. The van der Waals surface area contributed by atoms with Crippen LogP contribution in [0.3, 0.4) is 0 Å². The van der Waals surface area contributed by atoms with Gasteiger partial charge in [-0.25, -0.2) is 8.78 Å². The molecule has 29 heavy (non-hydrogen) atoms. The number of fused-ring (bicyclic) bond motifs is 1. The first kappa shape index (κ1) is 20.7. The third-order valence-electron chi connectivity index (χ3n) is 4.74. The van der Waals surface area contributed by atoms with Gasteiger partial charge in [0.05, 0.1) is 16.7 Å². The van der Waals surface area contributed by atoms with Crippen LogP contribution >= 0.6 is 0 Å². The van der Waals surface area contributed by atoms with E-state index in [9.17, 15) is 35.8 Å². The molecule has 2 aromatic rings. The Bertz CT molecular complexity index is 1060. The molecule has 0 saturated carbocycles.